The molecule has 0 saturated heterocycles. The van der Waals surface area contributed by atoms with E-state index in [0.717, 1.165) is 23.1 Å². The van der Waals surface area contributed by atoms with Gasteiger partial charge < -0.3 is 10.4 Å². The number of nitrogens with one attached hydrogen (secondary N) is 2. The Hall–Kier alpha value is -4.69. The largest absolute Gasteiger partial charge is 0.378 e. The number of hydrogen-bond donors (Lipinski definition) is 3. The molecule has 3 heterocycles. The molecular weight excluding hydrogens is 785 g/mol. The van der Waals surface area contributed by atoms with Crippen molar-refractivity contribution in [2.75, 3.05) is 11.0 Å². The van der Waals surface area contributed by atoms with Crippen molar-refractivity contribution in [1.29, 1.82) is 0 Å². The van der Waals surface area contributed by atoms with Crippen LogP contribution in [0.1, 0.15) is 66.9 Å². The molecule has 1 saturated carbocycles. The van der Waals surface area contributed by atoms with Crippen molar-refractivity contribution in [3.8, 4) is 23.0 Å². The first-order valence-electron chi connectivity index (χ1n) is 17.0. The van der Waals surface area contributed by atoms with Crippen LogP contribution >= 0.6 is 23.2 Å². The van der Waals surface area contributed by atoms with Crippen LogP contribution in [0.4, 0.5) is 23.4 Å². The fourth-order valence-corrected chi connectivity index (χ4v) is 8.41. The number of fused-ring (bicyclic) bond motifs is 4. The van der Waals surface area contributed by atoms with Gasteiger partial charge in [0.2, 0.25) is 15.9 Å². The highest BCUT2D eigenvalue weighted by Gasteiger charge is 2.61. The van der Waals surface area contributed by atoms with Crippen LogP contribution in [-0.2, 0) is 40.8 Å². The minimum atomic E-state index is -3.79. The number of aromatic nitrogens is 5. The van der Waals surface area contributed by atoms with E-state index < -0.39 is 69.2 Å². The maximum absolute atomic E-state index is 15.6. The number of carbonyl (C=O) groups is 1. The molecule has 288 valence electrons. The summed E-state index contributed by atoms with van der Waals surface area (Å²) in [4.78, 5) is 18.7. The second-order valence-electron chi connectivity index (χ2n) is 14.3. The van der Waals surface area contributed by atoms with Crippen LogP contribution in [0.15, 0.2) is 42.5 Å². The van der Waals surface area contributed by atoms with E-state index >= 15 is 8.78 Å². The summed E-state index contributed by atoms with van der Waals surface area (Å²) < 4.78 is 89.3. The molecule has 0 radical (unpaired) electrons. The molecule has 0 unspecified atom stereocenters. The van der Waals surface area contributed by atoms with Crippen molar-refractivity contribution in [3.05, 3.63) is 92.5 Å². The molecule has 5 aromatic rings. The summed E-state index contributed by atoms with van der Waals surface area (Å²) in [5.74, 6) is -1.76. The van der Waals surface area contributed by atoms with E-state index in [1.54, 1.807) is 25.2 Å². The number of anilines is 1. The maximum atomic E-state index is 15.6. The Morgan fingerprint density at radius 3 is 2.42 bits per heavy atom. The Bertz CT molecular complexity index is 2560. The van der Waals surface area contributed by atoms with Crippen LogP contribution < -0.4 is 10.0 Å². The van der Waals surface area contributed by atoms with Gasteiger partial charge in [-0.25, -0.2) is 22.2 Å². The Labute approximate surface area is 323 Å². The number of rotatable bonds is 9. The summed E-state index contributed by atoms with van der Waals surface area (Å²) >= 11 is 12.9. The van der Waals surface area contributed by atoms with Crippen molar-refractivity contribution in [2.24, 2.45) is 13.0 Å². The van der Waals surface area contributed by atoms with E-state index in [1.165, 1.54) is 24.6 Å². The third kappa shape index (κ3) is 7.50. The zero-order valence-electron chi connectivity index (χ0n) is 29.7. The van der Waals surface area contributed by atoms with E-state index in [-0.39, 0.29) is 50.3 Å². The Morgan fingerprint density at radius 2 is 1.78 bits per heavy atom. The molecule has 7 rings (SSSR count). The number of benzene rings is 2. The number of aryl methyl sites for hydroxylation is 1. The normalized spacial score (nSPS) is 17.9. The predicted molar refractivity (Wildman–Crippen MR) is 198 cm³/mol. The van der Waals surface area contributed by atoms with E-state index in [2.05, 4.69) is 32.1 Å². The van der Waals surface area contributed by atoms with Gasteiger partial charge in [-0.05, 0) is 80.8 Å². The van der Waals surface area contributed by atoms with Crippen LogP contribution in [-0.4, -0.2) is 55.8 Å². The smallest absolute Gasteiger partial charge is 0.293 e. The van der Waals surface area contributed by atoms with Gasteiger partial charge >= 0.3 is 0 Å². The topological polar surface area (TPSA) is 144 Å². The molecule has 1 fully saturated rings. The van der Waals surface area contributed by atoms with E-state index in [0.29, 0.717) is 35.6 Å². The highest BCUT2D eigenvalue weighted by atomic mass is 35.5. The van der Waals surface area contributed by atoms with Crippen molar-refractivity contribution in [1.82, 2.24) is 29.9 Å². The molecule has 2 aliphatic carbocycles. The standard InChI is InChI=1S/C37H33Cl2F4N7O4S/c1-36(2,52)12-11-21-5-6-22(23-8-10-26(38)30-32(23)49(3)47-35(30)48-55(4,53)54)31(44-21)27(15-18-13-19(40)16-20(41)14-18)45-28(51)17-50-33-29(34(39)46-50)24-7-9-25(24)37(33,42)43/h5-6,8,10,13-14,16,24-25,27,52H,7,9,15,17H2,1-4H3,(H,45,51)(H,47,48)/t24-,25+,27-/m0/s1. The molecule has 0 aliphatic heterocycles. The van der Waals surface area contributed by atoms with E-state index in [9.17, 15) is 27.1 Å². The zero-order valence-corrected chi connectivity index (χ0v) is 32.0. The number of sulfonamides is 1. The van der Waals surface area contributed by atoms with Crippen LogP contribution in [0.3, 0.4) is 0 Å². The molecule has 3 atom stereocenters. The average Bonchev–Trinajstić information content (AvgIpc) is 3.58. The van der Waals surface area contributed by atoms with E-state index in [4.69, 9.17) is 28.2 Å². The minimum absolute atomic E-state index is 0.0511. The molecule has 0 spiro atoms. The van der Waals surface area contributed by atoms with Gasteiger partial charge in [-0.3, -0.25) is 18.9 Å². The summed E-state index contributed by atoms with van der Waals surface area (Å²) in [6.07, 6.45) is 1.55. The average molecular weight is 819 g/mol. The van der Waals surface area contributed by atoms with Gasteiger partial charge in [-0.15, -0.1) is 0 Å². The maximum Gasteiger partial charge on any atom is 0.293 e. The number of amides is 1. The van der Waals surface area contributed by atoms with Crippen LogP contribution in [0.25, 0.3) is 22.0 Å². The fraction of sp³-hybridized carbons (Fsp3) is 0.351. The van der Waals surface area contributed by atoms with Crippen LogP contribution in [0.2, 0.25) is 10.2 Å². The molecule has 18 heteroatoms. The monoisotopic (exact) mass is 817 g/mol. The fourth-order valence-electron chi connectivity index (χ4n) is 7.35. The van der Waals surface area contributed by atoms with Crippen molar-refractivity contribution in [3.63, 3.8) is 0 Å². The molecule has 0 bridgehead atoms. The second kappa shape index (κ2) is 13.8. The lowest BCUT2D eigenvalue weighted by Gasteiger charge is -2.34. The Kier molecular flexibility index (Phi) is 9.68. The van der Waals surface area contributed by atoms with Crippen molar-refractivity contribution in [2.45, 2.75) is 63.1 Å². The Morgan fingerprint density at radius 1 is 1.09 bits per heavy atom. The molecule has 2 aromatic carbocycles. The minimum Gasteiger partial charge on any atom is -0.378 e. The van der Waals surface area contributed by atoms with Gasteiger partial charge in [0, 0.05) is 35.7 Å². The summed E-state index contributed by atoms with van der Waals surface area (Å²) in [5.41, 5.74) is -0.0903. The molecule has 55 heavy (non-hydrogen) atoms. The van der Waals surface area contributed by atoms with Gasteiger partial charge in [0.1, 0.15) is 35.2 Å². The lowest BCUT2D eigenvalue weighted by molar-refractivity contribution is -0.123. The van der Waals surface area contributed by atoms with E-state index in [1.807, 2.05) is 0 Å². The zero-order chi connectivity index (χ0) is 39.8. The summed E-state index contributed by atoms with van der Waals surface area (Å²) in [7, 11) is -2.23. The van der Waals surface area contributed by atoms with Gasteiger partial charge in [-0.2, -0.15) is 19.0 Å². The highest BCUT2D eigenvalue weighted by molar-refractivity contribution is 7.92. The first kappa shape index (κ1) is 38.6. The van der Waals surface area contributed by atoms with Gasteiger partial charge in [0.15, 0.2) is 11.0 Å². The SMILES string of the molecule is Cn1nc(NS(C)(=O)=O)c2c(Cl)ccc(-c3ccc(C#CC(C)(C)O)nc3[C@H](Cc3cc(F)cc(F)c3)NC(=O)Cn3nc(Cl)c4c3C(F)(F)[C@@H]3CC[C@H]43)c21. The summed E-state index contributed by atoms with van der Waals surface area (Å²) in [5, 5.41) is 21.9. The van der Waals surface area contributed by atoms with Crippen LogP contribution in [0.5, 0.6) is 0 Å². The lowest BCUT2D eigenvalue weighted by Crippen LogP contribution is -2.36. The third-order valence-electron chi connectivity index (χ3n) is 9.62. The third-order valence-corrected chi connectivity index (χ3v) is 10.8. The Balaban J connectivity index is 1.38. The van der Waals surface area contributed by atoms with Crippen molar-refractivity contribution >= 4 is 55.9 Å². The number of halogens is 6. The lowest BCUT2D eigenvalue weighted by atomic mass is 9.73. The summed E-state index contributed by atoms with van der Waals surface area (Å²) in [6, 6.07) is 7.99. The number of nitrogens with zero attached hydrogens (tertiary/aromatic N) is 5. The van der Waals surface area contributed by atoms with Crippen LogP contribution in [0, 0.1) is 29.4 Å². The van der Waals surface area contributed by atoms with Gasteiger partial charge in [-0.1, -0.05) is 35.2 Å². The molecule has 3 N–H and O–H groups in total. The molecular formula is C37H33Cl2F4N7O4S. The molecule has 11 nitrogen and oxygen atoms in total. The number of carbonyl (C=O) groups excluding carboxylic acids is 1. The highest BCUT2D eigenvalue weighted by Crippen LogP contribution is 2.63. The number of aliphatic hydroxyl groups is 1. The first-order chi connectivity index (χ1) is 25.7. The van der Waals surface area contributed by atoms with Gasteiger partial charge in [0.05, 0.1) is 33.9 Å². The first-order valence-corrected chi connectivity index (χ1v) is 19.6. The predicted octanol–water partition coefficient (Wildman–Crippen LogP) is 6.61. The number of pyridine rings is 1. The summed E-state index contributed by atoms with van der Waals surface area (Å²) in [6.45, 7) is 2.27. The second-order valence-corrected chi connectivity index (χ2v) is 16.8. The number of alkyl halides is 2. The van der Waals surface area contributed by atoms with Gasteiger partial charge in [0.25, 0.3) is 5.92 Å². The van der Waals surface area contributed by atoms with Crippen molar-refractivity contribution < 1.29 is 35.9 Å². The molecule has 3 aromatic heterocycles. The quantitative estimate of drug-likeness (QED) is 0.112. The molecule has 1 amide bonds. The number of hydrogen-bond acceptors (Lipinski definition) is 7. The molecule has 2 aliphatic rings.